The van der Waals surface area contributed by atoms with Gasteiger partial charge in [-0.3, -0.25) is 14.8 Å². The minimum Gasteiger partial charge on any atom is -0.347 e. The number of carbonyl (C=O) groups is 1. The van der Waals surface area contributed by atoms with E-state index < -0.39 is 0 Å². The van der Waals surface area contributed by atoms with E-state index >= 15 is 0 Å². The Labute approximate surface area is 123 Å². The summed E-state index contributed by atoms with van der Waals surface area (Å²) in [6.07, 6.45) is 6.55. The number of hydrogen-bond acceptors (Lipinski definition) is 6. The van der Waals surface area contributed by atoms with Gasteiger partial charge in [0.1, 0.15) is 0 Å². The van der Waals surface area contributed by atoms with Gasteiger partial charge in [0.2, 0.25) is 11.8 Å². The average Bonchev–Trinajstić information content (AvgIpc) is 2.91. The van der Waals surface area contributed by atoms with Crippen molar-refractivity contribution in [2.75, 3.05) is 0 Å². The molecule has 2 heterocycles. The predicted octanol–water partition coefficient (Wildman–Crippen LogP) is 1.31. The minimum absolute atomic E-state index is 0.0794. The van der Waals surface area contributed by atoms with Gasteiger partial charge in [0, 0.05) is 31.4 Å². The quantitative estimate of drug-likeness (QED) is 0.826. The summed E-state index contributed by atoms with van der Waals surface area (Å²) in [5, 5.41) is 6.62. The van der Waals surface area contributed by atoms with Gasteiger partial charge >= 0.3 is 0 Å². The van der Waals surface area contributed by atoms with Crippen LogP contribution < -0.4 is 5.32 Å². The highest BCUT2D eigenvalue weighted by molar-refractivity contribution is 5.75. The Bertz CT molecular complexity index is 568. The summed E-state index contributed by atoms with van der Waals surface area (Å²) < 4.78 is 5.08. The number of amides is 1. The van der Waals surface area contributed by atoms with Gasteiger partial charge in [-0.2, -0.15) is 4.98 Å². The monoisotopic (exact) mass is 289 g/mol. The topological polar surface area (TPSA) is 93.8 Å². The molecular formula is C14H19N5O2. The standard InChI is InChI=1S/C14H19N5O2/c1-10(2)7-12-18-14(21-19-12)9-17-13(20)4-3-11-8-15-5-6-16-11/h5-6,8,10H,3-4,7,9H2,1-2H3,(H,17,20). The van der Waals surface area contributed by atoms with Crippen molar-refractivity contribution in [3.05, 3.63) is 36.0 Å². The highest BCUT2D eigenvalue weighted by atomic mass is 16.5. The first-order chi connectivity index (χ1) is 10.1. The van der Waals surface area contributed by atoms with Crippen LogP contribution in [0.15, 0.2) is 23.1 Å². The third-order valence-electron chi connectivity index (χ3n) is 2.76. The highest BCUT2D eigenvalue weighted by Crippen LogP contribution is 2.04. The first-order valence-electron chi connectivity index (χ1n) is 6.96. The third-order valence-corrected chi connectivity index (χ3v) is 2.76. The van der Waals surface area contributed by atoms with Crippen molar-refractivity contribution < 1.29 is 9.32 Å². The Balaban J connectivity index is 1.72. The number of nitrogens with one attached hydrogen (secondary N) is 1. The van der Waals surface area contributed by atoms with Gasteiger partial charge in [0.05, 0.1) is 12.2 Å². The Kier molecular flexibility index (Phi) is 5.36. The van der Waals surface area contributed by atoms with E-state index in [-0.39, 0.29) is 12.5 Å². The number of rotatable bonds is 7. The minimum atomic E-state index is -0.0794. The molecule has 0 aliphatic rings. The lowest BCUT2D eigenvalue weighted by Gasteiger charge is -2.01. The average molecular weight is 289 g/mol. The van der Waals surface area contributed by atoms with Crippen molar-refractivity contribution >= 4 is 5.91 Å². The highest BCUT2D eigenvalue weighted by Gasteiger charge is 2.09. The van der Waals surface area contributed by atoms with Gasteiger partial charge in [0.25, 0.3) is 0 Å². The smallest absolute Gasteiger partial charge is 0.246 e. The molecular weight excluding hydrogens is 270 g/mol. The van der Waals surface area contributed by atoms with Crippen LogP contribution in [0.1, 0.15) is 37.7 Å². The molecule has 21 heavy (non-hydrogen) atoms. The van der Waals surface area contributed by atoms with E-state index in [1.165, 1.54) is 0 Å². The molecule has 2 aromatic heterocycles. The molecule has 0 saturated heterocycles. The number of carbonyl (C=O) groups excluding carboxylic acids is 1. The van der Waals surface area contributed by atoms with Crippen LogP contribution in [-0.4, -0.2) is 26.0 Å². The van der Waals surface area contributed by atoms with E-state index in [0.717, 1.165) is 12.1 Å². The summed E-state index contributed by atoms with van der Waals surface area (Å²) in [5.41, 5.74) is 0.796. The Morgan fingerprint density at radius 2 is 2.24 bits per heavy atom. The van der Waals surface area contributed by atoms with Gasteiger partial charge in [-0.1, -0.05) is 19.0 Å². The number of aromatic nitrogens is 4. The normalized spacial score (nSPS) is 10.8. The van der Waals surface area contributed by atoms with E-state index in [0.29, 0.717) is 30.5 Å². The second-order valence-electron chi connectivity index (χ2n) is 5.18. The van der Waals surface area contributed by atoms with Crippen molar-refractivity contribution in [1.29, 1.82) is 0 Å². The fourth-order valence-corrected chi connectivity index (χ4v) is 1.77. The molecule has 1 amide bonds. The Morgan fingerprint density at radius 1 is 1.38 bits per heavy atom. The van der Waals surface area contributed by atoms with E-state index in [1.807, 2.05) is 0 Å². The fourth-order valence-electron chi connectivity index (χ4n) is 1.77. The summed E-state index contributed by atoms with van der Waals surface area (Å²) in [6, 6.07) is 0. The predicted molar refractivity (Wildman–Crippen MR) is 75.0 cm³/mol. The van der Waals surface area contributed by atoms with Crippen molar-refractivity contribution in [1.82, 2.24) is 25.4 Å². The zero-order valence-corrected chi connectivity index (χ0v) is 12.2. The molecule has 0 atom stereocenters. The van der Waals surface area contributed by atoms with Crippen LogP contribution in [0.4, 0.5) is 0 Å². The number of hydrogen-bond donors (Lipinski definition) is 1. The molecule has 7 nitrogen and oxygen atoms in total. The maximum Gasteiger partial charge on any atom is 0.246 e. The molecule has 0 aliphatic carbocycles. The Hall–Kier alpha value is -2.31. The van der Waals surface area contributed by atoms with Crippen LogP contribution in [0.2, 0.25) is 0 Å². The van der Waals surface area contributed by atoms with Crippen LogP contribution in [0, 0.1) is 5.92 Å². The lowest BCUT2D eigenvalue weighted by atomic mass is 10.1. The van der Waals surface area contributed by atoms with Crippen LogP contribution in [0.5, 0.6) is 0 Å². The van der Waals surface area contributed by atoms with Gasteiger partial charge in [-0.05, 0) is 12.3 Å². The number of aryl methyl sites for hydroxylation is 1. The maximum absolute atomic E-state index is 11.7. The van der Waals surface area contributed by atoms with Crippen molar-refractivity contribution in [2.24, 2.45) is 5.92 Å². The van der Waals surface area contributed by atoms with Gasteiger partial charge in [-0.25, -0.2) is 0 Å². The molecule has 1 N–H and O–H groups in total. The third kappa shape index (κ3) is 5.29. The molecule has 0 radical (unpaired) electrons. The Morgan fingerprint density at radius 3 is 2.95 bits per heavy atom. The molecule has 0 spiro atoms. The second-order valence-corrected chi connectivity index (χ2v) is 5.18. The molecule has 0 fully saturated rings. The van der Waals surface area contributed by atoms with E-state index in [1.54, 1.807) is 18.6 Å². The van der Waals surface area contributed by atoms with Crippen LogP contribution in [0.25, 0.3) is 0 Å². The molecule has 7 heteroatoms. The van der Waals surface area contributed by atoms with Gasteiger partial charge < -0.3 is 9.84 Å². The molecule has 112 valence electrons. The molecule has 0 saturated carbocycles. The molecule has 0 aliphatic heterocycles. The van der Waals surface area contributed by atoms with E-state index in [2.05, 4.69) is 39.3 Å². The van der Waals surface area contributed by atoms with Crippen molar-refractivity contribution in [3.8, 4) is 0 Å². The molecule has 0 unspecified atom stereocenters. The lowest BCUT2D eigenvalue weighted by molar-refractivity contribution is -0.121. The summed E-state index contributed by atoms with van der Waals surface area (Å²) in [4.78, 5) is 24.0. The maximum atomic E-state index is 11.7. The summed E-state index contributed by atoms with van der Waals surface area (Å²) in [5.74, 6) is 1.49. The van der Waals surface area contributed by atoms with E-state index in [4.69, 9.17) is 4.52 Å². The summed E-state index contributed by atoms with van der Waals surface area (Å²) in [7, 11) is 0. The van der Waals surface area contributed by atoms with E-state index in [9.17, 15) is 4.79 Å². The largest absolute Gasteiger partial charge is 0.347 e. The molecule has 2 aromatic rings. The first kappa shape index (κ1) is 15.1. The second kappa shape index (κ2) is 7.47. The lowest BCUT2D eigenvalue weighted by Crippen LogP contribution is -2.23. The molecule has 2 rings (SSSR count). The SMILES string of the molecule is CC(C)Cc1noc(CNC(=O)CCc2cnccn2)n1. The van der Waals surface area contributed by atoms with Crippen LogP contribution in [-0.2, 0) is 24.2 Å². The van der Waals surface area contributed by atoms with Crippen molar-refractivity contribution in [2.45, 2.75) is 39.7 Å². The van der Waals surface area contributed by atoms with Crippen LogP contribution >= 0.6 is 0 Å². The zero-order chi connectivity index (χ0) is 15.1. The zero-order valence-electron chi connectivity index (χ0n) is 12.2. The van der Waals surface area contributed by atoms with Crippen LogP contribution in [0.3, 0.4) is 0 Å². The summed E-state index contributed by atoms with van der Waals surface area (Å²) in [6.45, 7) is 4.43. The van der Waals surface area contributed by atoms with Gasteiger partial charge in [-0.15, -0.1) is 0 Å². The first-order valence-corrected chi connectivity index (χ1v) is 6.96. The fraction of sp³-hybridized carbons (Fsp3) is 0.500. The van der Waals surface area contributed by atoms with Crippen molar-refractivity contribution in [3.63, 3.8) is 0 Å². The van der Waals surface area contributed by atoms with Gasteiger partial charge in [0.15, 0.2) is 5.82 Å². The molecule has 0 bridgehead atoms. The number of nitrogens with zero attached hydrogens (tertiary/aromatic N) is 4. The molecule has 0 aromatic carbocycles. The summed E-state index contributed by atoms with van der Waals surface area (Å²) >= 11 is 0.